The van der Waals surface area contributed by atoms with Gasteiger partial charge in [-0.3, -0.25) is 0 Å². The molecule has 112 valence electrons. The first-order chi connectivity index (χ1) is 9.70. The fourth-order valence-corrected chi connectivity index (χ4v) is 3.22. The number of thioether (sulfide) groups is 1. The molecule has 0 spiro atoms. The van der Waals surface area contributed by atoms with Crippen LogP contribution in [-0.4, -0.2) is 25.0 Å². The van der Waals surface area contributed by atoms with Gasteiger partial charge < -0.3 is 10.1 Å². The second-order valence-electron chi connectivity index (χ2n) is 5.01. The van der Waals surface area contributed by atoms with Crippen LogP contribution >= 0.6 is 11.8 Å². The van der Waals surface area contributed by atoms with E-state index in [1.54, 1.807) is 0 Å². The van der Waals surface area contributed by atoms with E-state index in [1.807, 2.05) is 0 Å². The zero-order valence-electron chi connectivity index (χ0n) is 11.8. The molecule has 0 aliphatic carbocycles. The van der Waals surface area contributed by atoms with E-state index in [-0.39, 0.29) is 11.0 Å². The molecule has 1 aliphatic rings. The molecule has 0 saturated carbocycles. The molecular weight excluding hydrogens is 280 g/mol. The van der Waals surface area contributed by atoms with Gasteiger partial charge in [-0.2, -0.15) is 0 Å². The van der Waals surface area contributed by atoms with E-state index < -0.39 is 11.6 Å². The quantitative estimate of drug-likeness (QED) is 0.612. The topological polar surface area (TPSA) is 21.3 Å². The summed E-state index contributed by atoms with van der Waals surface area (Å²) in [6, 6.07) is 2.84. The van der Waals surface area contributed by atoms with Crippen molar-refractivity contribution in [3.05, 3.63) is 29.3 Å². The molecule has 20 heavy (non-hydrogen) atoms. The van der Waals surface area contributed by atoms with Crippen molar-refractivity contribution < 1.29 is 13.5 Å². The van der Waals surface area contributed by atoms with Gasteiger partial charge in [-0.25, -0.2) is 8.78 Å². The first kappa shape index (κ1) is 15.7. The fourth-order valence-electron chi connectivity index (χ4n) is 2.21. The highest BCUT2D eigenvalue weighted by atomic mass is 32.2. The van der Waals surface area contributed by atoms with Crippen LogP contribution < -0.4 is 5.32 Å². The normalized spacial score (nSPS) is 18.6. The Labute approximate surface area is 123 Å². The van der Waals surface area contributed by atoms with Crippen molar-refractivity contribution in [3.63, 3.8) is 0 Å². The Bertz CT molecular complexity index is 413. The zero-order chi connectivity index (χ0) is 14.4. The summed E-state index contributed by atoms with van der Waals surface area (Å²) in [7, 11) is 0. The van der Waals surface area contributed by atoms with Crippen molar-refractivity contribution in [2.75, 3.05) is 18.9 Å². The van der Waals surface area contributed by atoms with Crippen molar-refractivity contribution in [2.45, 2.75) is 43.7 Å². The predicted octanol–water partition coefficient (Wildman–Crippen LogP) is 3.74. The molecule has 1 atom stereocenters. The molecular formula is C15H21F2NOS. The monoisotopic (exact) mass is 301 g/mol. The molecule has 1 heterocycles. The second-order valence-corrected chi connectivity index (χ2v) is 6.04. The summed E-state index contributed by atoms with van der Waals surface area (Å²) in [6.07, 6.45) is 3.15. The van der Waals surface area contributed by atoms with E-state index in [2.05, 4.69) is 12.2 Å². The summed E-state index contributed by atoms with van der Waals surface area (Å²) in [5.74, 6) is -0.330. The molecule has 0 amide bonds. The number of rotatable bonds is 7. The molecule has 0 aromatic heterocycles. The summed E-state index contributed by atoms with van der Waals surface area (Å²) in [5, 5.41) is 3.14. The number of benzene rings is 1. The summed E-state index contributed by atoms with van der Waals surface area (Å²) in [5.41, 5.74) is 0.648. The van der Waals surface area contributed by atoms with Crippen molar-refractivity contribution in [1.82, 2.24) is 5.32 Å². The minimum atomic E-state index is -0.471. The average molecular weight is 301 g/mol. The molecule has 1 fully saturated rings. The molecule has 0 radical (unpaired) electrons. The lowest BCUT2D eigenvalue weighted by Crippen LogP contribution is -2.14. The van der Waals surface area contributed by atoms with Crippen LogP contribution in [0.3, 0.4) is 0 Å². The van der Waals surface area contributed by atoms with Crippen molar-refractivity contribution in [2.24, 2.45) is 0 Å². The smallest absolute Gasteiger partial charge is 0.140 e. The highest BCUT2D eigenvalue weighted by Gasteiger charge is 2.18. The van der Waals surface area contributed by atoms with Gasteiger partial charge in [0.15, 0.2) is 0 Å². The van der Waals surface area contributed by atoms with Gasteiger partial charge in [0.25, 0.3) is 0 Å². The van der Waals surface area contributed by atoms with Gasteiger partial charge >= 0.3 is 0 Å². The first-order valence-corrected chi connectivity index (χ1v) is 8.12. The average Bonchev–Trinajstić information content (AvgIpc) is 2.91. The molecule has 1 aliphatic heterocycles. The Morgan fingerprint density at radius 1 is 1.35 bits per heavy atom. The van der Waals surface area contributed by atoms with Crippen LogP contribution in [0.5, 0.6) is 0 Å². The number of nitrogens with one attached hydrogen (secondary N) is 1. The number of hydrogen-bond acceptors (Lipinski definition) is 3. The van der Waals surface area contributed by atoms with Gasteiger partial charge in [-0.15, -0.1) is 11.8 Å². The minimum absolute atomic E-state index is 0.111. The van der Waals surface area contributed by atoms with Gasteiger partial charge in [0, 0.05) is 18.9 Å². The van der Waals surface area contributed by atoms with E-state index in [0.717, 1.165) is 32.4 Å². The Morgan fingerprint density at radius 2 is 2.10 bits per heavy atom. The number of hydrogen-bond donors (Lipinski definition) is 1. The van der Waals surface area contributed by atoms with E-state index in [0.29, 0.717) is 17.9 Å². The fraction of sp³-hybridized carbons (Fsp3) is 0.600. The maximum atomic E-state index is 14.0. The van der Waals surface area contributed by atoms with Crippen LogP contribution in [0.4, 0.5) is 8.78 Å². The van der Waals surface area contributed by atoms with Crippen LogP contribution in [0.15, 0.2) is 17.0 Å². The Hall–Kier alpha value is -0.650. The minimum Gasteiger partial charge on any atom is -0.377 e. The third kappa shape index (κ3) is 4.43. The highest BCUT2D eigenvalue weighted by molar-refractivity contribution is 7.99. The van der Waals surface area contributed by atoms with E-state index in [1.165, 1.54) is 23.9 Å². The van der Waals surface area contributed by atoms with E-state index in [9.17, 15) is 8.78 Å². The SMILES string of the molecule is CCCNCc1cc(F)c(SCC2CCCO2)c(F)c1. The second kappa shape index (κ2) is 7.96. The van der Waals surface area contributed by atoms with Crippen molar-refractivity contribution in [3.8, 4) is 0 Å². The molecule has 1 saturated heterocycles. The van der Waals surface area contributed by atoms with Crippen LogP contribution in [0.2, 0.25) is 0 Å². The summed E-state index contributed by atoms with van der Waals surface area (Å²) in [4.78, 5) is 0.111. The lowest BCUT2D eigenvalue weighted by Gasteiger charge is -2.11. The van der Waals surface area contributed by atoms with Gasteiger partial charge in [-0.1, -0.05) is 6.92 Å². The third-order valence-corrected chi connectivity index (χ3v) is 4.47. The van der Waals surface area contributed by atoms with Crippen LogP contribution in [-0.2, 0) is 11.3 Å². The van der Waals surface area contributed by atoms with Crippen LogP contribution in [0, 0.1) is 11.6 Å². The van der Waals surface area contributed by atoms with Crippen LogP contribution in [0.1, 0.15) is 31.7 Å². The number of halogens is 2. The highest BCUT2D eigenvalue weighted by Crippen LogP contribution is 2.29. The summed E-state index contributed by atoms with van der Waals surface area (Å²) < 4.78 is 33.4. The molecule has 2 rings (SSSR count). The Morgan fingerprint density at radius 3 is 2.70 bits per heavy atom. The maximum Gasteiger partial charge on any atom is 0.140 e. The Kier molecular flexibility index (Phi) is 6.26. The third-order valence-electron chi connectivity index (χ3n) is 3.25. The standard InChI is InChI=1S/C15H21F2NOS/c1-2-5-18-9-11-7-13(16)15(14(17)8-11)20-10-12-4-3-6-19-12/h7-8,12,18H,2-6,9-10H2,1H3. The van der Waals surface area contributed by atoms with Crippen LogP contribution in [0.25, 0.3) is 0 Å². The largest absolute Gasteiger partial charge is 0.377 e. The summed E-state index contributed by atoms with van der Waals surface area (Å²) >= 11 is 1.21. The molecule has 5 heteroatoms. The molecule has 0 bridgehead atoms. The lowest BCUT2D eigenvalue weighted by molar-refractivity contribution is 0.129. The molecule has 1 N–H and O–H groups in total. The molecule has 1 aromatic carbocycles. The van der Waals surface area contributed by atoms with Crippen molar-refractivity contribution in [1.29, 1.82) is 0 Å². The molecule has 1 aromatic rings. The van der Waals surface area contributed by atoms with Crippen molar-refractivity contribution >= 4 is 11.8 Å². The Balaban J connectivity index is 1.94. The molecule has 1 unspecified atom stereocenters. The maximum absolute atomic E-state index is 14.0. The van der Waals surface area contributed by atoms with Gasteiger partial charge in [0.1, 0.15) is 11.6 Å². The van der Waals surface area contributed by atoms with Gasteiger partial charge in [0.05, 0.1) is 11.0 Å². The van der Waals surface area contributed by atoms with E-state index >= 15 is 0 Å². The zero-order valence-corrected chi connectivity index (χ0v) is 12.6. The summed E-state index contributed by atoms with van der Waals surface area (Å²) in [6.45, 7) is 4.16. The first-order valence-electron chi connectivity index (χ1n) is 7.13. The molecule has 2 nitrogen and oxygen atoms in total. The predicted molar refractivity (Wildman–Crippen MR) is 78.1 cm³/mol. The lowest BCUT2D eigenvalue weighted by atomic mass is 10.2. The van der Waals surface area contributed by atoms with Gasteiger partial charge in [0.2, 0.25) is 0 Å². The van der Waals surface area contributed by atoms with E-state index in [4.69, 9.17) is 4.74 Å². The van der Waals surface area contributed by atoms with Gasteiger partial charge in [-0.05, 0) is 43.5 Å². The number of ether oxygens (including phenoxy) is 1.